The lowest BCUT2D eigenvalue weighted by Gasteiger charge is -2.38. The van der Waals surface area contributed by atoms with Crippen molar-refractivity contribution >= 4 is 34.0 Å². The number of nitrogens with one attached hydrogen (secondary N) is 1. The highest BCUT2D eigenvalue weighted by Gasteiger charge is 2.51. The van der Waals surface area contributed by atoms with Crippen LogP contribution in [0.5, 0.6) is 17.2 Å². The van der Waals surface area contributed by atoms with Gasteiger partial charge in [0.05, 0.1) is 35.6 Å². The summed E-state index contributed by atoms with van der Waals surface area (Å²) in [5.74, 6) is -6.68. The average Bonchev–Trinajstić information content (AvgIpc) is 3.41. The molecule has 0 saturated heterocycles. The molecule has 15 heteroatoms. The quantitative estimate of drug-likeness (QED) is 0.138. The molecule has 0 fully saturated rings. The molecule has 282 valence electrons. The maximum absolute atomic E-state index is 13.2. The number of esters is 1. The summed E-state index contributed by atoms with van der Waals surface area (Å²) < 4.78 is 23.5. The van der Waals surface area contributed by atoms with Crippen molar-refractivity contribution in [2.75, 3.05) is 12.4 Å². The lowest BCUT2D eigenvalue weighted by atomic mass is 9.78. The Morgan fingerprint density at radius 3 is 2.25 bits per heavy atom. The molecule has 0 radical (unpaired) electrons. The number of fused-ring (bicyclic) bond motifs is 14. The highest BCUT2D eigenvalue weighted by molar-refractivity contribution is 6.12. The van der Waals surface area contributed by atoms with Crippen LogP contribution in [0.2, 0.25) is 0 Å². The Labute approximate surface area is 301 Å². The van der Waals surface area contributed by atoms with E-state index in [2.05, 4.69) is 15.7 Å². The summed E-state index contributed by atoms with van der Waals surface area (Å²) in [5.41, 5.74) is -0.290. The van der Waals surface area contributed by atoms with Gasteiger partial charge in [0.2, 0.25) is 0 Å². The normalized spacial score (nSPS) is 31.4. The second-order valence-electron chi connectivity index (χ2n) is 13.8. The van der Waals surface area contributed by atoms with Crippen LogP contribution in [0.3, 0.4) is 0 Å². The molecule has 2 aromatic carbocycles. The number of benzene rings is 2. The maximum atomic E-state index is 13.2. The molecule has 5 rings (SSSR count). The van der Waals surface area contributed by atoms with Crippen LogP contribution in [-0.2, 0) is 23.8 Å². The minimum absolute atomic E-state index is 0.0227. The molecule has 1 unspecified atom stereocenters. The number of anilines is 1. The van der Waals surface area contributed by atoms with Crippen LogP contribution in [-0.4, -0.2) is 69.6 Å². The summed E-state index contributed by atoms with van der Waals surface area (Å²) in [6, 6.07) is -0.359. The van der Waals surface area contributed by atoms with Crippen LogP contribution >= 0.6 is 0 Å². The number of hydrogen-bond donors (Lipinski definition) is 5. The van der Waals surface area contributed by atoms with Crippen molar-refractivity contribution in [2.45, 2.75) is 91.6 Å². The summed E-state index contributed by atoms with van der Waals surface area (Å²) in [6.45, 7) is 12.5. The molecule has 15 nitrogen and oxygen atoms in total. The minimum Gasteiger partial charge on any atom is -0.507 e. The van der Waals surface area contributed by atoms with Gasteiger partial charge in [-0.25, -0.2) is 0 Å². The van der Waals surface area contributed by atoms with E-state index in [1.165, 1.54) is 53.2 Å². The predicted octanol–water partition coefficient (Wildman–Crippen LogP) is 6.07. The molecule has 10 atom stereocenters. The number of aliphatic hydroxyl groups excluding tert-OH is 2. The zero-order valence-corrected chi connectivity index (χ0v) is 30.6. The highest BCUT2D eigenvalue weighted by Crippen LogP contribution is 2.58. The van der Waals surface area contributed by atoms with Gasteiger partial charge in [0.15, 0.2) is 11.8 Å². The number of allylic oxidation sites excluding steroid dienone is 2. The van der Waals surface area contributed by atoms with Crippen LogP contribution in [0.1, 0.15) is 65.6 Å². The van der Waals surface area contributed by atoms with Crippen molar-refractivity contribution in [1.82, 2.24) is 0 Å². The van der Waals surface area contributed by atoms with Gasteiger partial charge < -0.3 is 44.7 Å². The number of nitrogens with zero attached hydrogens (tertiary/aromatic N) is 2. The Morgan fingerprint density at radius 1 is 0.981 bits per heavy atom. The topological polar surface area (TPSA) is 223 Å². The fourth-order valence-electron chi connectivity index (χ4n) is 7.02. The second-order valence-corrected chi connectivity index (χ2v) is 13.8. The fourth-order valence-corrected chi connectivity index (χ4v) is 7.02. The molecule has 5 bridgehead atoms. The number of hydrogen-bond acceptors (Lipinski definition) is 14. The number of amides is 1. The first-order valence-electron chi connectivity index (χ1n) is 16.9. The first kappa shape index (κ1) is 39.9. The third kappa shape index (κ3) is 7.38. The number of carbonyl (C=O) groups excluding carboxylic acids is 2. The van der Waals surface area contributed by atoms with Gasteiger partial charge in [0.1, 0.15) is 23.3 Å². The molecule has 3 aliphatic heterocycles. The molecular formula is C37H47N3O12. The van der Waals surface area contributed by atoms with Crippen LogP contribution in [0, 0.1) is 40.4 Å². The molecule has 0 aliphatic carbocycles. The van der Waals surface area contributed by atoms with E-state index in [1.54, 1.807) is 39.8 Å². The Kier molecular flexibility index (Phi) is 12.1. The summed E-state index contributed by atoms with van der Waals surface area (Å²) in [5, 5.41) is 53.8. The molecule has 0 spiro atoms. The smallest absolute Gasteiger partial charge is 0.302 e. The number of ether oxygens (including phenoxy) is 4. The molecule has 52 heavy (non-hydrogen) atoms. The number of methoxy groups -OCH3 is 1. The fraction of sp³-hybridized carbons (Fsp3) is 0.514. The maximum Gasteiger partial charge on any atom is 0.302 e. The van der Waals surface area contributed by atoms with E-state index in [-0.39, 0.29) is 44.6 Å². The summed E-state index contributed by atoms with van der Waals surface area (Å²) >= 11 is 0. The van der Waals surface area contributed by atoms with E-state index in [0.717, 1.165) is 6.07 Å². The molecule has 2 aromatic rings. The van der Waals surface area contributed by atoms with Crippen molar-refractivity contribution in [1.29, 1.82) is 0 Å². The molecule has 3 heterocycles. The van der Waals surface area contributed by atoms with Gasteiger partial charge in [0.25, 0.3) is 11.7 Å². The zero-order chi connectivity index (χ0) is 38.8. The van der Waals surface area contributed by atoms with E-state index in [9.17, 15) is 39.8 Å². The second kappa shape index (κ2) is 15.8. The first-order chi connectivity index (χ1) is 24.4. The monoisotopic (exact) mass is 725 g/mol. The number of phenolic OH excluding ortho intramolecular Hbond substituents is 2. The van der Waals surface area contributed by atoms with Crippen LogP contribution in [0.4, 0.5) is 11.4 Å². The van der Waals surface area contributed by atoms with Crippen LogP contribution in [0.15, 0.2) is 52.6 Å². The third-order valence-electron chi connectivity index (χ3n) is 10.2. The number of phenols is 2. The lowest BCUT2D eigenvalue weighted by Crippen LogP contribution is -2.46. The van der Waals surface area contributed by atoms with Crippen molar-refractivity contribution < 1.29 is 49.0 Å². The van der Waals surface area contributed by atoms with Gasteiger partial charge in [0, 0.05) is 66.7 Å². The number of carbonyl (C=O) groups is 2. The highest BCUT2D eigenvalue weighted by atomic mass is 16.7. The van der Waals surface area contributed by atoms with Gasteiger partial charge in [-0.3, -0.25) is 9.59 Å². The molecule has 0 aromatic heterocycles. The zero-order valence-electron chi connectivity index (χ0n) is 30.6. The van der Waals surface area contributed by atoms with Crippen LogP contribution in [0.25, 0.3) is 10.8 Å². The standard InChI is InChI=1S/C37H47N3O12/c1-16-11-10-12-17(2)36(46)38-24-15-23(39-47)26-27(32(24)45)31(44)21(6)34-28(26)35(40-48)37(8,52-34)50-14-13-25(49-9)18(3)33(51-22(7)41)20(5)30(43)19(4)29(16)42/h10-16,18-20,25,29-30,33,35,42-45H,1-9H3,(H,38,46)/t16-,18+,19+,20+,25-,29-,30+,33+,35?,37-/m0/s1. The predicted molar refractivity (Wildman–Crippen MR) is 192 cm³/mol. The molecule has 3 aliphatic rings. The van der Waals surface area contributed by atoms with Gasteiger partial charge in [-0.15, -0.1) is 9.81 Å². The molecule has 5 N–H and O–H groups in total. The number of aromatic hydroxyl groups is 2. The van der Waals surface area contributed by atoms with Crippen molar-refractivity contribution in [3.05, 3.63) is 63.1 Å². The largest absolute Gasteiger partial charge is 0.507 e. The van der Waals surface area contributed by atoms with Crippen molar-refractivity contribution in [3.8, 4) is 17.2 Å². The number of aliphatic hydroxyl groups is 2. The van der Waals surface area contributed by atoms with Gasteiger partial charge in [-0.05, 0) is 31.2 Å². The van der Waals surface area contributed by atoms with Gasteiger partial charge >= 0.3 is 5.97 Å². The lowest BCUT2D eigenvalue weighted by molar-refractivity contribution is -0.160. The Morgan fingerprint density at radius 2 is 1.65 bits per heavy atom. The van der Waals surface area contributed by atoms with E-state index in [1.807, 2.05) is 0 Å². The van der Waals surface area contributed by atoms with E-state index in [0.29, 0.717) is 0 Å². The number of nitroso groups, excluding NO2 is 2. The van der Waals surface area contributed by atoms with Crippen molar-refractivity contribution in [3.63, 3.8) is 0 Å². The van der Waals surface area contributed by atoms with Gasteiger partial charge in [-0.1, -0.05) is 51.1 Å². The Hall–Kier alpha value is -4.86. The summed E-state index contributed by atoms with van der Waals surface area (Å²) in [7, 11) is 1.43. The first-order valence-corrected chi connectivity index (χ1v) is 16.9. The molecule has 0 saturated carbocycles. The summed E-state index contributed by atoms with van der Waals surface area (Å²) in [6.07, 6.45) is 3.56. The number of rotatable bonds is 4. The summed E-state index contributed by atoms with van der Waals surface area (Å²) in [4.78, 5) is 50.2. The minimum atomic E-state index is -1.85. The Bertz CT molecular complexity index is 1820. The van der Waals surface area contributed by atoms with Crippen molar-refractivity contribution in [2.24, 2.45) is 34.0 Å². The average molecular weight is 726 g/mol. The Balaban J connectivity index is 1.92. The molecule has 1 amide bonds. The van der Waals surface area contributed by atoms with E-state index < -0.39 is 83.3 Å². The van der Waals surface area contributed by atoms with E-state index in [4.69, 9.17) is 18.9 Å². The van der Waals surface area contributed by atoms with Gasteiger partial charge in [-0.2, -0.15) is 0 Å². The molecular weight excluding hydrogens is 678 g/mol. The third-order valence-corrected chi connectivity index (χ3v) is 10.2. The van der Waals surface area contributed by atoms with Crippen LogP contribution < -0.4 is 10.1 Å². The SMILES string of the molecule is CO[C@H]1C=CO[C@@]2(C)Oc3c(C)c(O)c4c(O)c(cc(N=O)c4c3C2N=O)NC(=O)C(C)=CC=C[C@H](C)[C@H](O)[C@@H](C)[C@@H](O)[C@@H](C)[C@H](OC(C)=O)[C@@H]1C. The van der Waals surface area contributed by atoms with E-state index >= 15 is 0 Å².